The van der Waals surface area contributed by atoms with Gasteiger partial charge in [-0.25, -0.2) is 13.1 Å². The van der Waals surface area contributed by atoms with E-state index in [2.05, 4.69) is 4.72 Å². The first kappa shape index (κ1) is 18.3. The van der Waals surface area contributed by atoms with E-state index in [1.165, 1.54) is 19.1 Å². The number of carbonyl (C=O) groups is 1. The average molecular weight is 357 g/mol. The van der Waals surface area contributed by atoms with Crippen LogP contribution in [-0.4, -0.2) is 39.0 Å². The molecule has 24 heavy (non-hydrogen) atoms. The fourth-order valence-electron chi connectivity index (χ4n) is 2.71. The number of nitrogens with one attached hydrogen (secondary N) is 1. The van der Waals surface area contributed by atoms with E-state index in [1.54, 1.807) is 0 Å². The Morgan fingerprint density at radius 1 is 1.42 bits per heavy atom. The Hall–Kier alpha value is -2.04. The number of hydrogen-bond donors (Lipinski definition) is 2. The van der Waals surface area contributed by atoms with Crippen LogP contribution in [0.3, 0.4) is 0 Å². The zero-order valence-electron chi connectivity index (χ0n) is 13.1. The van der Waals surface area contributed by atoms with E-state index < -0.39 is 36.9 Å². The van der Waals surface area contributed by atoms with E-state index in [0.29, 0.717) is 26.1 Å². The number of nitro groups is 1. The molecule has 1 aliphatic rings. The molecule has 1 amide bonds. The summed E-state index contributed by atoms with van der Waals surface area (Å²) in [5.41, 5.74) is 4.12. The number of carbonyl (C=O) groups excluding carboxylic acids is 1. The Balaban J connectivity index is 2.32. The second-order valence-electron chi connectivity index (χ2n) is 5.76. The number of hydrogen-bond acceptors (Lipinski definition) is 6. The SMILES string of the molecule is Cc1cccc([N+](=O)[O-])c1S(=O)(=O)NCC1(C(N)=O)CCOCC1. The number of nitrogens with two attached hydrogens (primary N) is 1. The summed E-state index contributed by atoms with van der Waals surface area (Å²) in [7, 11) is -4.18. The molecule has 1 saturated heterocycles. The predicted octanol–water partition coefficient (Wildman–Crippen LogP) is 0.464. The Bertz CT molecular complexity index is 756. The molecule has 132 valence electrons. The highest BCUT2D eigenvalue weighted by atomic mass is 32.2. The summed E-state index contributed by atoms with van der Waals surface area (Å²) in [5.74, 6) is -0.618. The summed E-state index contributed by atoms with van der Waals surface area (Å²) in [5, 5.41) is 11.1. The summed E-state index contributed by atoms with van der Waals surface area (Å²) in [6.45, 7) is 1.85. The van der Waals surface area contributed by atoms with Crippen LogP contribution in [0.15, 0.2) is 23.1 Å². The minimum atomic E-state index is -4.18. The number of nitro benzene ring substituents is 1. The van der Waals surface area contributed by atoms with Gasteiger partial charge in [-0.05, 0) is 25.3 Å². The van der Waals surface area contributed by atoms with Gasteiger partial charge in [0.1, 0.15) is 0 Å². The van der Waals surface area contributed by atoms with Crippen molar-refractivity contribution in [3.8, 4) is 0 Å². The van der Waals surface area contributed by atoms with Crippen LogP contribution < -0.4 is 10.5 Å². The van der Waals surface area contributed by atoms with Gasteiger partial charge in [0.15, 0.2) is 4.90 Å². The molecule has 0 unspecified atom stereocenters. The van der Waals surface area contributed by atoms with Crippen molar-refractivity contribution < 1.29 is 22.9 Å². The number of ether oxygens (including phenoxy) is 1. The lowest BCUT2D eigenvalue weighted by Crippen LogP contribution is -2.49. The van der Waals surface area contributed by atoms with E-state index in [0.717, 1.165) is 6.07 Å². The van der Waals surface area contributed by atoms with Crippen LogP contribution in [0.1, 0.15) is 18.4 Å². The fourth-order valence-corrected chi connectivity index (χ4v) is 4.23. The monoisotopic (exact) mass is 357 g/mol. The van der Waals surface area contributed by atoms with Crippen molar-refractivity contribution in [2.24, 2.45) is 11.1 Å². The Labute approximate surface area is 139 Å². The van der Waals surface area contributed by atoms with E-state index in [1.807, 2.05) is 0 Å². The van der Waals surface area contributed by atoms with Crippen LogP contribution >= 0.6 is 0 Å². The number of sulfonamides is 1. The van der Waals surface area contributed by atoms with Gasteiger partial charge >= 0.3 is 0 Å². The molecule has 0 atom stereocenters. The molecular formula is C14H19N3O6S. The van der Waals surface area contributed by atoms with Crippen LogP contribution in [0.2, 0.25) is 0 Å². The molecule has 0 spiro atoms. The van der Waals surface area contributed by atoms with Crippen LogP contribution in [-0.2, 0) is 19.6 Å². The fraction of sp³-hybridized carbons (Fsp3) is 0.500. The Kier molecular flexibility index (Phi) is 5.21. The van der Waals surface area contributed by atoms with Crippen LogP contribution in [0.25, 0.3) is 0 Å². The quantitative estimate of drug-likeness (QED) is 0.559. The molecule has 0 aromatic heterocycles. The zero-order valence-corrected chi connectivity index (χ0v) is 14.0. The van der Waals surface area contributed by atoms with Crippen molar-refractivity contribution in [2.45, 2.75) is 24.7 Å². The lowest BCUT2D eigenvalue weighted by Gasteiger charge is -2.34. The molecule has 3 N–H and O–H groups in total. The molecule has 2 rings (SSSR count). The van der Waals surface area contributed by atoms with E-state index in [9.17, 15) is 23.3 Å². The van der Waals surface area contributed by atoms with Gasteiger partial charge in [-0.15, -0.1) is 0 Å². The third-order valence-electron chi connectivity index (χ3n) is 4.23. The molecule has 0 saturated carbocycles. The summed E-state index contributed by atoms with van der Waals surface area (Å²) in [6.07, 6.45) is 0.585. The number of nitrogens with zero attached hydrogens (tertiary/aromatic N) is 1. The molecule has 1 aliphatic heterocycles. The smallest absolute Gasteiger partial charge is 0.289 e. The largest absolute Gasteiger partial charge is 0.381 e. The van der Waals surface area contributed by atoms with Crippen LogP contribution in [0, 0.1) is 22.5 Å². The van der Waals surface area contributed by atoms with Gasteiger partial charge in [-0.2, -0.15) is 0 Å². The Morgan fingerprint density at radius 2 is 2.04 bits per heavy atom. The highest BCUT2D eigenvalue weighted by molar-refractivity contribution is 7.89. The topological polar surface area (TPSA) is 142 Å². The number of benzene rings is 1. The predicted molar refractivity (Wildman–Crippen MR) is 84.7 cm³/mol. The summed E-state index contributed by atoms with van der Waals surface area (Å²) in [6, 6.07) is 4.01. The second-order valence-corrected chi connectivity index (χ2v) is 7.47. The van der Waals surface area contributed by atoms with E-state index in [-0.39, 0.29) is 12.1 Å². The molecule has 0 radical (unpaired) electrons. The van der Waals surface area contributed by atoms with E-state index in [4.69, 9.17) is 10.5 Å². The normalized spacial score (nSPS) is 17.4. The van der Waals surface area contributed by atoms with Gasteiger partial charge in [-0.1, -0.05) is 12.1 Å². The molecule has 1 aromatic carbocycles. The van der Waals surface area contributed by atoms with Crippen molar-refractivity contribution in [1.29, 1.82) is 0 Å². The molecule has 0 bridgehead atoms. The standard InChI is InChI=1S/C14H19N3O6S/c1-10-3-2-4-11(17(19)20)12(10)24(21,22)16-9-14(13(15)18)5-7-23-8-6-14/h2-4,16H,5-9H2,1H3,(H2,15,18). The van der Waals surface area contributed by atoms with Gasteiger partial charge < -0.3 is 10.5 Å². The van der Waals surface area contributed by atoms with Gasteiger partial charge in [0.05, 0.1) is 10.3 Å². The third kappa shape index (κ3) is 3.55. The van der Waals surface area contributed by atoms with Crippen molar-refractivity contribution in [3.05, 3.63) is 33.9 Å². The summed E-state index contributed by atoms with van der Waals surface area (Å²) in [4.78, 5) is 21.8. The molecule has 9 nitrogen and oxygen atoms in total. The minimum Gasteiger partial charge on any atom is -0.381 e. The maximum absolute atomic E-state index is 12.6. The zero-order chi connectivity index (χ0) is 18.0. The lowest BCUT2D eigenvalue weighted by molar-refractivity contribution is -0.387. The first-order valence-electron chi connectivity index (χ1n) is 7.31. The average Bonchev–Trinajstić information content (AvgIpc) is 2.53. The maximum Gasteiger partial charge on any atom is 0.289 e. The van der Waals surface area contributed by atoms with Crippen molar-refractivity contribution in [1.82, 2.24) is 4.72 Å². The van der Waals surface area contributed by atoms with Crippen LogP contribution in [0.5, 0.6) is 0 Å². The van der Waals surface area contributed by atoms with Gasteiger partial charge in [0, 0.05) is 25.8 Å². The first-order valence-corrected chi connectivity index (χ1v) is 8.79. The molecule has 1 aromatic rings. The molecule has 0 aliphatic carbocycles. The summed E-state index contributed by atoms with van der Waals surface area (Å²) >= 11 is 0. The molecular weight excluding hydrogens is 338 g/mol. The number of rotatable bonds is 6. The molecule has 1 heterocycles. The number of aryl methyl sites for hydroxylation is 1. The van der Waals surface area contributed by atoms with Crippen molar-refractivity contribution in [2.75, 3.05) is 19.8 Å². The maximum atomic E-state index is 12.6. The van der Waals surface area contributed by atoms with E-state index >= 15 is 0 Å². The molecule has 1 fully saturated rings. The van der Waals surface area contributed by atoms with Gasteiger partial charge in [0.2, 0.25) is 15.9 Å². The number of amides is 1. The first-order chi connectivity index (χ1) is 11.2. The van der Waals surface area contributed by atoms with Crippen molar-refractivity contribution >= 4 is 21.6 Å². The highest BCUT2D eigenvalue weighted by Gasteiger charge is 2.40. The van der Waals surface area contributed by atoms with Gasteiger partial charge in [0.25, 0.3) is 5.69 Å². The molecule has 10 heteroatoms. The Morgan fingerprint density at radius 3 is 2.58 bits per heavy atom. The number of primary amides is 1. The van der Waals surface area contributed by atoms with Gasteiger partial charge in [-0.3, -0.25) is 14.9 Å². The second kappa shape index (κ2) is 6.83. The minimum absolute atomic E-state index is 0.223. The van der Waals surface area contributed by atoms with Crippen molar-refractivity contribution in [3.63, 3.8) is 0 Å². The van der Waals surface area contributed by atoms with Crippen LogP contribution in [0.4, 0.5) is 5.69 Å². The highest BCUT2D eigenvalue weighted by Crippen LogP contribution is 2.31. The summed E-state index contributed by atoms with van der Waals surface area (Å²) < 4.78 is 32.7. The lowest BCUT2D eigenvalue weighted by atomic mass is 9.80. The third-order valence-corrected chi connectivity index (χ3v) is 5.82.